The fraction of sp³-hybridized carbons (Fsp3) is 0.571. The molecule has 0 saturated heterocycles. The summed E-state index contributed by atoms with van der Waals surface area (Å²) >= 11 is 1.77. The first-order valence-electron chi connectivity index (χ1n) is 7.01. The molecule has 0 aromatic carbocycles. The van der Waals surface area contributed by atoms with Crippen LogP contribution in [0.3, 0.4) is 0 Å². The standard InChI is InChI=1S/C14H20N4S/c1-3-6-16-10(2)13-8-17-14(19-13)12-7-15-9-18(12)11-4-5-11/h7-11,16H,3-6H2,1-2H3. The molecule has 0 aliphatic heterocycles. The third kappa shape index (κ3) is 2.72. The SMILES string of the molecule is CCCNC(C)c1cnc(-c2cncn2C2CC2)s1. The van der Waals surface area contributed by atoms with Gasteiger partial charge in [0.05, 0.1) is 18.2 Å². The molecule has 4 nitrogen and oxygen atoms in total. The van der Waals surface area contributed by atoms with Gasteiger partial charge in [-0.2, -0.15) is 0 Å². The lowest BCUT2D eigenvalue weighted by molar-refractivity contribution is 0.577. The number of imidazole rings is 1. The molecule has 5 heteroatoms. The van der Waals surface area contributed by atoms with E-state index in [1.807, 2.05) is 18.7 Å². The summed E-state index contributed by atoms with van der Waals surface area (Å²) in [5, 5.41) is 4.59. The first kappa shape index (κ1) is 12.8. The zero-order valence-corrected chi connectivity index (χ0v) is 12.3. The summed E-state index contributed by atoms with van der Waals surface area (Å²) < 4.78 is 2.27. The first-order valence-corrected chi connectivity index (χ1v) is 7.82. The lowest BCUT2D eigenvalue weighted by atomic mass is 10.3. The number of thiazole rings is 1. The molecule has 1 aliphatic carbocycles. The van der Waals surface area contributed by atoms with Crippen LogP contribution in [-0.2, 0) is 0 Å². The molecule has 0 bridgehead atoms. The lowest BCUT2D eigenvalue weighted by Crippen LogP contribution is -2.18. The van der Waals surface area contributed by atoms with Crippen molar-refractivity contribution >= 4 is 11.3 Å². The van der Waals surface area contributed by atoms with Crippen molar-refractivity contribution in [2.75, 3.05) is 6.54 Å². The van der Waals surface area contributed by atoms with Crippen LogP contribution in [-0.4, -0.2) is 21.1 Å². The Morgan fingerprint density at radius 2 is 2.32 bits per heavy atom. The molecular formula is C14H20N4S. The zero-order chi connectivity index (χ0) is 13.2. The summed E-state index contributed by atoms with van der Waals surface area (Å²) in [6, 6.07) is 1.03. The van der Waals surface area contributed by atoms with E-state index in [2.05, 4.69) is 33.7 Å². The highest BCUT2D eigenvalue weighted by molar-refractivity contribution is 7.15. The number of hydrogen-bond donors (Lipinski definition) is 1. The van der Waals surface area contributed by atoms with E-state index < -0.39 is 0 Å². The van der Waals surface area contributed by atoms with Gasteiger partial charge in [-0.1, -0.05) is 6.92 Å². The Hall–Kier alpha value is -1.20. The number of nitrogens with zero attached hydrogens (tertiary/aromatic N) is 3. The van der Waals surface area contributed by atoms with E-state index in [1.165, 1.54) is 23.4 Å². The summed E-state index contributed by atoms with van der Waals surface area (Å²) in [7, 11) is 0. The van der Waals surface area contributed by atoms with Gasteiger partial charge >= 0.3 is 0 Å². The number of rotatable bonds is 6. The molecule has 102 valence electrons. The Morgan fingerprint density at radius 3 is 3.05 bits per heavy atom. The highest BCUT2D eigenvalue weighted by Crippen LogP contribution is 2.39. The Morgan fingerprint density at radius 1 is 1.47 bits per heavy atom. The van der Waals surface area contributed by atoms with Crippen molar-refractivity contribution in [3.05, 3.63) is 23.6 Å². The number of aromatic nitrogens is 3. The van der Waals surface area contributed by atoms with Gasteiger partial charge in [0.2, 0.25) is 0 Å². The molecule has 19 heavy (non-hydrogen) atoms. The van der Waals surface area contributed by atoms with Gasteiger partial charge in [-0.05, 0) is 32.7 Å². The predicted molar refractivity (Wildman–Crippen MR) is 78.3 cm³/mol. The van der Waals surface area contributed by atoms with Gasteiger partial charge in [0, 0.05) is 23.2 Å². The van der Waals surface area contributed by atoms with Gasteiger partial charge in [-0.3, -0.25) is 0 Å². The van der Waals surface area contributed by atoms with Crippen molar-refractivity contribution in [2.24, 2.45) is 0 Å². The summed E-state index contributed by atoms with van der Waals surface area (Å²) in [5.41, 5.74) is 1.17. The largest absolute Gasteiger partial charge is 0.326 e. The molecule has 1 fully saturated rings. The van der Waals surface area contributed by atoms with Crippen LogP contribution >= 0.6 is 11.3 Å². The third-order valence-electron chi connectivity index (χ3n) is 3.48. The van der Waals surface area contributed by atoms with Crippen molar-refractivity contribution in [1.29, 1.82) is 0 Å². The maximum absolute atomic E-state index is 4.58. The minimum Gasteiger partial charge on any atom is -0.326 e. The minimum absolute atomic E-state index is 0.378. The highest BCUT2D eigenvalue weighted by Gasteiger charge is 2.26. The molecule has 2 heterocycles. The molecule has 1 aliphatic rings. The number of nitrogens with one attached hydrogen (secondary N) is 1. The molecule has 1 saturated carbocycles. The Kier molecular flexibility index (Phi) is 3.66. The van der Waals surface area contributed by atoms with Crippen molar-refractivity contribution in [2.45, 2.75) is 45.2 Å². The van der Waals surface area contributed by atoms with Crippen LogP contribution in [0.5, 0.6) is 0 Å². The van der Waals surface area contributed by atoms with E-state index in [-0.39, 0.29) is 0 Å². The smallest absolute Gasteiger partial charge is 0.141 e. The molecule has 2 aromatic rings. The van der Waals surface area contributed by atoms with Crippen LogP contribution in [0.4, 0.5) is 0 Å². The molecule has 0 radical (unpaired) electrons. The van der Waals surface area contributed by atoms with E-state index in [9.17, 15) is 0 Å². The van der Waals surface area contributed by atoms with E-state index in [4.69, 9.17) is 0 Å². The topological polar surface area (TPSA) is 42.7 Å². The molecule has 1 N–H and O–H groups in total. The van der Waals surface area contributed by atoms with Crippen LogP contribution in [0.25, 0.3) is 10.7 Å². The second kappa shape index (κ2) is 5.43. The van der Waals surface area contributed by atoms with Gasteiger partial charge in [0.25, 0.3) is 0 Å². The van der Waals surface area contributed by atoms with E-state index >= 15 is 0 Å². The molecule has 1 atom stereocenters. The van der Waals surface area contributed by atoms with Crippen molar-refractivity contribution < 1.29 is 0 Å². The predicted octanol–water partition coefficient (Wildman–Crippen LogP) is 3.40. The van der Waals surface area contributed by atoms with Gasteiger partial charge in [0.1, 0.15) is 5.01 Å². The lowest BCUT2D eigenvalue weighted by Gasteiger charge is -2.09. The van der Waals surface area contributed by atoms with Crippen LogP contribution < -0.4 is 5.32 Å². The summed E-state index contributed by atoms with van der Waals surface area (Å²) in [6.07, 6.45) is 9.58. The average Bonchev–Trinajstić information content (AvgIpc) is 2.95. The van der Waals surface area contributed by atoms with Crippen molar-refractivity contribution in [3.63, 3.8) is 0 Å². The normalized spacial score (nSPS) is 16.7. The average molecular weight is 276 g/mol. The van der Waals surface area contributed by atoms with Gasteiger partial charge in [0.15, 0.2) is 0 Å². The Balaban J connectivity index is 1.78. The van der Waals surface area contributed by atoms with Gasteiger partial charge in [-0.15, -0.1) is 11.3 Å². The van der Waals surface area contributed by atoms with E-state index in [1.54, 1.807) is 11.3 Å². The molecule has 1 unspecified atom stereocenters. The van der Waals surface area contributed by atoms with Gasteiger partial charge < -0.3 is 9.88 Å². The fourth-order valence-corrected chi connectivity index (χ4v) is 3.14. The quantitative estimate of drug-likeness (QED) is 0.879. The van der Waals surface area contributed by atoms with Crippen LogP contribution in [0.15, 0.2) is 18.7 Å². The fourth-order valence-electron chi connectivity index (χ4n) is 2.18. The summed E-state index contributed by atoms with van der Waals surface area (Å²) in [6.45, 7) is 5.44. The third-order valence-corrected chi connectivity index (χ3v) is 4.68. The molecular weight excluding hydrogens is 256 g/mol. The molecule has 0 spiro atoms. The zero-order valence-electron chi connectivity index (χ0n) is 11.5. The molecule has 2 aromatic heterocycles. The second-order valence-electron chi connectivity index (χ2n) is 5.16. The maximum Gasteiger partial charge on any atom is 0.141 e. The van der Waals surface area contributed by atoms with Crippen LogP contribution in [0.2, 0.25) is 0 Å². The second-order valence-corrected chi connectivity index (χ2v) is 6.22. The molecule has 0 amide bonds. The van der Waals surface area contributed by atoms with Crippen molar-refractivity contribution in [3.8, 4) is 10.7 Å². The first-order chi connectivity index (χ1) is 9.29. The van der Waals surface area contributed by atoms with Crippen molar-refractivity contribution in [1.82, 2.24) is 19.9 Å². The minimum atomic E-state index is 0.378. The maximum atomic E-state index is 4.58. The van der Waals surface area contributed by atoms with Crippen LogP contribution in [0.1, 0.15) is 50.1 Å². The summed E-state index contributed by atoms with van der Waals surface area (Å²) in [4.78, 5) is 10.2. The van der Waals surface area contributed by atoms with Gasteiger partial charge in [-0.25, -0.2) is 9.97 Å². The van der Waals surface area contributed by atoms with E-state index in [0.29, 0.717) is 12.1 Å². The van der Waals surface area contributed by atoms with E-state index in [0.717, 1.165) is 18.0 Å². The molecule has 3 rings (SSSR count). The van der Waals surface area contributed by atoms with Crippen LogP contribution in [0, 0.1) is 0 Å². The monoisotopic (exact) mass is 276 g/mol. The number of hydrogen-bond acceptors (Lipinski definition) is 4. The Bertz CT molecular complexity index is 541. The Labute approximate surface area is 117 Å². The highest BCUT2D eigenvalue weighted by atomic mass is 32.1. The summed E-state index contributed by atoms with van der Waals surface area (Å²) in [5.74, 6) is 0.